The second-order valence-electron chi connectivity index (χ2n) is 6.21. The predicted octanol–water partition coefficient (Wildman–Crippen LogP) is 3.07. The SMILES string of the molecule is CC[C@@H](C)c1ccc(NC(=O)Cn2nnc(-c3ccccc3N)n2)cc1. The van der Waals surface area contributed by atoms with Crippen LogP contribution in [-0.4, -0.2) is 26.1 Å². The van der Waals surface area contributed by atoms with Gasteiger partial charge in [0.25, 0.3) is 0 Å². The normalized spacial score (nSPS) is 11.9. The molecular formula is C19H22N6O. The molecule has 1 atom stereocenters. The van der Waals surface area contributed by atoms with Gasteiger partial charge in [0.1, 0.15) is 6.54 Å². The van der Waals surface area contributed by atoms with Gasteiger partial charge < -0.3 is 11.1 Å². The number of para-hydroxylation sites is 1. The Hall–Kier alpha value is -3.22. The van der Waals surface area contributed by atoms with Gasteiger partial charge in [-0.2, -0.15) is 4.80 Å². The molecule has 1 amide bonds. The summed E-state index contributed by atoms with van der Waals surface area (Å²) in [6, 6.07) is 15.2. The number of nitrogen functional groups attached to an aromatic ring is 1. The van der Waals surface area contributed by atoms with Crippen LogP contribution in [0.1, 0.15) is 31.7 Å². The van der Waals surface area contributed by atoms with E-state index in [2.05, 4.69) is 34.6 Å². The van der Waals surface area contributed by atoms with E-state index in [0.717, 1.165) is 12.1 Å². The van der Waals surface area contributed by atoms with Crippen LogP contribution in [0, 0.1) is 0 Å². The monoisotopic (exact) mass is 350 g/mol. The summed E-state index contributed by atoms with van der Waals surface area (Å²) in [5.74, 6) is 0.683. The van der Waals surface area contributed by atoms with Crippen LogP contribution in [0.25, 0.3) is 11.4 Å². The van der Waals surface area contributed by atoms with Crippen LogP contribution in [0.5, 0.6) is 0 Å². The minimum Gasteiger partial charge on any atom is -0.398 e. The number of amides is 1. The number of hydrogen-bond acceptors (Lipinski definition) is 5. The number of carbonyl (C=O) groups is 1. The molecule has 0 unspecified atom stereocenters. The van der Waals surface area contributed by atoms with Crippen molar-refractivity contribution in [2.24, 2.45) is 0 Å². The molecule has 0 aliphatic rings. The van der Waals surface area contributed by atoms with Crippen molar-refractivity contribution in [1.82, 2.24) is 20.2 Å². The fraction of sp³-hybridized carbons (Fsp3) is 0.263. The molecule has 7 nitrogen and oxygen atoms in total. The van der Waals surface area contributed by atoms with Crippen LogP contribution in [-0.2, 0) is 11.3 Å². The van der Waals surface area contributed by atoms with Gasteiger partial charge in [-0.25, -0.2) is 0 Å². The van der Waals surface area contributed by atoms with Crippen molar-refractivity contribution in [3.63, 3.8) is 0 Å². The quantitative estimate of drug-likeness (QED) is 0.666. The lowest BCUT2D eigenvalue weighted by atomic mass is 9.99. The number of benzene rings is 2. The summed E-state index contributed by atoms with van der Waals surface area (Å²) in [6.07, 6.45) is 1.08. The number of nitrogens with two attached hydrogens (primary N) is 1. The third-order valence-electron chi connectivity index (χ3n) is 4.32. The van der Waals surface area contributed by atoms with Gasteiger partial charge in [-0.15, -0.1) is 10.2 Å². The number of anilines is 2. The number of tetrazole rings is 1. The first-order valence-electron chi connectivity index (χ1n) is 8.59. The summed E-state index contributed by atoms with van der Waals surface area (Å²) in [7, 11) is 0. The summed E-state index contributed by atoms with van der Waals surface area (Å²) in [5, 5.41) is 15.0. The molecule has 0 spiro atoms. The van der Waals surface area contributed by atoms with Gasteiger partial charge >= 0.3 is 0 Å². The van der Waals surface area contributed by atoms with E-state index in [1.807, 2.05) is 42.5 Å². The zero-order valence-electron chi connectivity index (χ0n) is 14.9. The van der Waals surface area contributed by atoms with Crippen LogP contribution in [0.4, 0.5) is 11.4 Å². The molecule has 134 valence electrons. The number of nitrogens with one attached hydrogen (secondary N) is 1. The molecule has 0 saturated carbocycles. The maximum absolute atomic E-state index is 12.2. The standard InChI is InChI=1S/C19H22N6O/c1-3-13(2)14-8-10-15(11-9-14)21-18(26)12-25-23-19(22-24-25)16-6-4-5-7-17(16)20/h4-11,13H,3,12,20H2,1-2H3,(H,21,26)/t13-/m1/s1. The Labute approximate surface area is 152 Å². The molecule has 3 rings (SSSR count). The van der Waals surface area contributed by atoms with Crippen molar-refractivity contribution in [1.29, 1.82) is 0 Å². The number of nitrogens with zero attached hydrogens (tertiary/aromatic N) is 4. The zero-order valence-corrected chi connectivity index (χ0v) is 14.9. The fourth-order valence-corrected chi connectivity index (χ4v) is 2.58. The summed E-state index contributed by atoms with van der Waals surface area (Å²) in [6.45, 7) is 4.32. The molecule has 3 N–H and O–H groups in total. The summed E-state index contributed by atoms with van der Waals surface area (Å²) in [4.78, 5) is 13.5. The number of aromatic nitrogens is 4. The molecular weight excluding hydrogens is 328 g/mol. The zero-order chi connectivity index (χ0) is 18.5. The van der Waals surface area contributed by atoms with Crippen molar-refractivity contribution < 1.29 is 4.79 Å². The maximum Gasteiger partial charge on any atom is 0.248 e. The Kier molecular flexibility index (Phi) is 5.26. The Morgan fingerprint density at radius 3 is 2.62 bits per heavy atom. The first-order chi connectivity index (χ1) is 12.6. The predicted molar refractivity (Wildman–Crippen MR) is 101 cm³/mol. The highest BCUT2D eigenvalue weighted by Gasteiger charge is 2.11. The highest BCUT2D eigenvalue weighted by Crippen LogP contribution is 2.21. The second-order valence-corrected chi connectivity index (χ2v) is 6.21. The van der Waals surface area contributed by atoms with Crippen LogP contribution in [0.15, 0.2) is 48.5 Å². The van der Waals surface area contributed by atoms with E-state index >= 15 is 0 Å². The molecule has 7 heteroatoms. The van der Waals surface area contributed by atoms with Gasteiger partial charge in [0.05, 0.1) is 0 Å². The van der Waals surface area contributed by atoms with Gasteiger partial charge in [-0.05, 0) is 47.4 Å². The molecule has 0 bridgehead atoms. The molecule has 0 radical (unpaired) electrons. The maximum atomic E-state index is 12.2. The van der Waals surface area contributed by atoms with E-state index in [-0.39, 0.29) is 12.5 Å². The van der Waals surface area contributed by atoms with E-state index < -0.39 is 0 Å². The lowest BCUT2D eigenvalue weighted by Gasteiger charge is -2.10. The van der Waals surface area contributed by atoms with Crippen molar-refractivity contribution in [2.75, 3.05) is 11.1 Å². The average molecular weight is 350 g/mol. The first-order valence-corrected chi connectivity index (χ1v) is 8.59. The summed E-state index contributed by atoms with van der Waals surface area (Å²) in [5.41, 5.74) is 9.18. The Balaban J connectivity index is 1.63. The average Bonchev–Trinajstić information content (AvgIpc) is 3.10. The molecule has 3 aromatic rings. The van der Waals surface area contributed by atoms with E-state index in [1.54, 1.807) is 6.07 Å². The Bertz CT molecular complexity index is 887. The highest BCUT2D eigenvalue weighted by atomic mass is 16.2. The van der Waals surface area contributed by atoms with Gasteiger partial charge in [-0.1, -0.05) is 38.1 Å². The third-order valence-corrected chi connectivity index (χ3v) is 4.32. The minimum absolute atomic E-state index is 0.0210. The molecule has 0 aliphatic heterocycles. The summed E-state index contributed by atoms with van der Waals surface area (Å²) >= 11 is 0. The second kappa shape index (κ2) is 7.77. The van der Waals surface area contributed by atoms with Gasteiger partial charge in [0.2, 0.25) is 11.7 Å². The fourth-order valence-electron chi connectivity index (χ4n) is 2.58. The Morgan fingerprint density at radius 2 is 1.92 bits per heavy atom. The van der Waals surface area contributed by atoms with E-state index in [0.29, 0.717) is 23.0 Å². The minimum atomic E-state index is -0.216. The Morgan fingerprint density at radius 1 is 1.19 bits per heavy atom. The van der Waals surface area contributed by atoms with E-state index in [1.165, 1.54) is 10.4 Å². The molecule has 1 aromatic heterocycles. The van der Waals surface area contributed by atoms with E-state index in [9.17, 15) is 4.79 Å². The van der Waals surface area contributed by atoms with Gasteiger partial charge in [-0.3, -0.25) is 4.79 Å². The van der Waals surface area contributed by atoms with Crippen LogP contribution < -0.4 is 11.1 Å². The van der Waals surface area contributed by atoms with Crippen molar-refractivity contribution in [3.05, 3.63) is 54.1 Å². The van der Waals surface area contributed by atoms with Crippen molar-refractivity contribution in [3.8, 4) is 11.4 Å². The van der Waals surface area contributed by atoms with Gasteiger partial charge in [0.15, 0.2) is 0 Å². The lowest BCUT2D eigenvalue weighted by Crippen LogP contribution is -2.20. The smallest absolute Gasteiger partial charge is 0.248 e. The lowest BCUT2D eigenvalue weighted by molar-refractivity contribution is -0.117. The number of rotatable bonds is 6. The van der Waals surface area contributed by atoms with Gasteiger partial charge in [0, 0.05) is 16.9 Å². The van der Waals surface area contributed by atoms with Crippen molar-refractivity contribution in [2.45, 2.75) is 32.7 Å². The number of carbonyl (C=O) groups excluding carboxylic acids is 1. The molecule has 1 heterocycles. The largest absolute Gasteiger partial charge is 0.398 e. The van der Waals surface area contributed by atoms with Crippen LogP contribution in [0.2, 0.25) is 0 Å². The highest BCUT2D eigenvalue weighted by molar-refractivity contribution is 5.90. The van der Waals surface area contributed by atoms with Crippen LogP contribution >= 0.6 is 0 Å². The molecule has 0 aliphatic carbocycles. The number of hydrogen-bond donors (Lipinski definition) is 2. The topological polar surface area (TPSA) is 98.7 Å². The molecule has 2 aromatic carbocycles. The first kappa shape index (κ1) is 17.6. The third kappa shape index (κ3) is 4.05. The summed E-state index contributed by atoms with van der Waals surface area (Å²) < 4.78 is 0. The van der Waals surface area contributed by atoms with E-state index in [4.69, 9.17) is 5.73 Å². The molecule has 0 saturated heterocycles. The van der Waals surface area contributed by atoms with Crippen molar-refractivity contribution >= 4 is 17.3 Å². The van der Waals surface area contributed by atoms with Crippen LogP contribution in [0.3, 0.4) is 0 Å². The molecule has 26 heavy (non-hydrogen) atoms. The molecule has 0 fully saturated rings.